The van der Waals surface area contributed by atoms with Crippen molar-refractivity contribution >= 4 is 34.4 Å². The van der Waals surface area contributed by atoms with Crippen LogP contribution < -0.4 is 0 Å². The van der Waals surface area contributed by atoms with Crippen molar-refractivity contribution in [2.75, 3.05) is 6.54 Å². The maximum absolute atomic E-state index is 9.75. The first-order chi connectivity index (χ1) is 8.72. The zero-order chi connectivity index (χ0) is 13.0. The molecule has 0 aliphatic carbocycles. The molecule has 0 aliphatic heterocycles. The lowest BCUT2D eigenvalue weighted by atomic mass is 10.2. The zero-order valence-electron chi connectivity index (χ0n) is 9.96. The summed E-state index contributed by atoms with van der Waals surface area (Å²) in [4.78, 5) is 6.91. The number of benzene rings is 1. The number of para-hydroxylation sites is 1. The van der Waals surface area contributed by atoms with Gasteiger partial charge in [0.2, 0.25) is 11.0 Å². The molecular weight excluding hydrogens is 248 g/mol. The number of hydrogen-bond acceptors (Lipinski definition) is 3. The summed E-state index contributed by atoms with van der Waals surface area (Å²) >= 11 is 4.10. The number of aromatic hydroxyl groups is 1. The number of rotatable bonds is 3. The van der Waals surface area contributed by atoms with Gasteiger partial charge in [-0.15, -0.1) is 22.9 Å². The third-order valence-corrected chi connectivity index (χ3v) is 2.61. The SMILES string of the molecule is CCC/N=C(S)/N=N/c1c(O)[nH]c2ccccc12. The Labute approximate surface area is 110 Å². The molecule has 0 fully saturated rings. The highest BCUT2D eigenvalue weighted by molar-refractivity contribution is 7.96. The molecule has 0 atom stereocenters. The molecule has 5 nitrogen and oxygen atoms in total. The molecule has 1 heterocycles. The number of fused-ring (bicyclic) bond motifs is 1. The Bertz CT molecular complexity index is 603. The number of aromatic amines is 1. The van der Waals surface area contributed by atoms with E-state index >= 15 is 0 Å². The standard InChI is InChI=1S/C12H14N4OS/c1-2-7-13-12(18)16-15-10-8-5-3-4-6-9(8)14-11(10)17/h3-6,14,17H,2,7H2,1H3,(H,13,18)/b16-15+. The molecule has 2 N–H and O–H groups in total. The number of thiol groups is 1. The fourth-order valence-corrected chi connectivity index (χ4v) is 1.70. The molecule has 0 unspecified atom stereocenters. The van der Waals surface area contributed by atoms with Crippen molar-refractivity contribution in [3.8, 4) is 5.88 Å². The molecule has 0 amide bonds. The van der Waals surface area contributed by atoms with Gasteiger partial charge in [-0.2, -0.15) is 0 Å². The van der Waals surface area contributed by atoms with Gasteiger partial charge < -0.3 is 10.1 Å². The third kappa shape index (κ3) is 2.70. The Morgan fingerprint density at radius 3 is 2.94 bits per heavy atom. The van der Waals surface area contributed by atoms with Gasteiger partial charge in [0, 0.05) is 11.9 Å². The summed E-state index contributed by atoms with van der Waals surface area (Å²) in [6.07, 6.45) is 0.928. The van der Waals surface area contributed by atoms with Crippen molar-refractivity contribution in [3.05, 3.63) is 24.3 Å². The average molecular weight is 262 g/mol. The van der Waals surface area contributed by atoms with Crippen LogP contribution in [0.15, 0.2) is 39.5 Å². The van der Waals surface area contributed by atoms with Crippen LogP contribution in [-0.4, -0.2) is 21.8 Å². The summed E-state index contributed by atoms with van der Waals surface area (Å²) in [5.74, 6) is -0.00317. The van der Waals surface area contributed by atoms with Crippen LogP contribution in [0.25, 0.3) is 10.9 Å². The Kier molecular flexibility index (Phi) is 3.99. The topological polar surface area (TPSA) is 73.1 Å². The molecule has 1 aromatic heterocycles. The molecular formula is C12H14N4OS. The van der Waals surface area contributed by atoms with Crippen LogP contribution in [0, 0.1) is 0 Å². The molecule has 2 rings (SSSR count). The van der Waals surface area contributed by atoms with Gasteiger partial charge in [0.15, 0.2) is 5.69 Å². The van der Waals surface area contributed by atoms with Gasteiger partial charge in [0.25, 0.3) is 0 Å². The van der Waals surface area contributed by atoms with Crippen LogP contribution in [0.5, 0.6) is 5.88 Å². The first-order valence-corrected chi connectivity index (χ1v) is 6.12. The van der Waals surface area contributed by atoms with Crippen LogP contribution >= 0.6 is 12.6 Å². The number of amidine groups is 1. The van der Waals surface area contributed by atoms with Gasteiger partial charge in [0.05, 0.1) is 5.52 Å². The molecule has 0 bridgehead atoms. The highest BCUT2D eigenvalue weighted by Gasteiger charge is 2.09. The number of aromatic nitrogens is 1. The highest BCUT2D eigenvalue weighted by Crippen LogP contribution is 2.35. The maximum atomic E-state index is 9.75. The predicted molar refractivity (Wildman–Crippen MR) is 76.1 cm³/mol. The Hall–Kier alpha value is -1.82. The Balaban J connectivity index is 2.31. The summed E-state index contributed by atoms with van der Waals surface area (Å²) in [6, 6.07) is 7.48. The first kappa shape index (κ1) is 12.6. The number of nitrogens with one attached hydrogen (secondary N) is 1. The molecule has 18 heavy (non-hydrogen) atoms. The minimum absolute atomic E-state index is 0.00317. The summed E-state index contributed by atoms with van der Waals surface area (Å²) in [5.41, 5.74) is 1.22. The van der Waals surface area contributed by atoms with E-state index in [9.17, 15) is 5.11 Å². The molecule has 1 aromatic carbocycles. The number of hydrogen-bond donors (Lipinski definition) is 3. The Morgan fingerprint density at radius 2 is 2.17 bits per heavy atom. The van der Waals surface area contributed by atoms with Crippen molar-refractivity contribution in [1.29, 1.82) is 0 Å². The monoisotopic (exact) mass is 262 g/mol. The van der Waals surface area contributed by atoms with Crippen LogP contribution in [0.1, 0.15) is 13.3 Å². The number of H-pyrrole nitrogens is 1. The summed E-state index contributed by atoms with van der Waals surface area (Å²) in [5, 5.41) is 18.7. The summed E-state index contributed by atoms with van der Waals surface area (Å²) < 4.78 is 0. The van der Waals surface area contributed by atoms with E-state index in [-0.39, 0.29) is 5.88 Å². The van der Waals surface area contributed by atoms with Gasteiger partial charge in [-0.3, -0.25) is 4.99 Å². The van der Waals surface area contributed by atoms with Gasteiger partial charge in [-0.1, -0.05) is 25.1 Å². The van der Waals surface area contributed by atoms with E-state index in [0.29, 0.717) is 17.4 Å². The first-order valence-electron chi connectivity index (χ1n) is 5.67. The van der Waals surface area contributed by atoms with Crippen LogP contribution in [0.4, 0.5) is 5.69 Å². The molecule has 0 saturated carbocycles. The van der Waals surface area contributed by atoms with Gasteiger partial charge >= 0.3 is 0 Å². The van der Waals surface area contributed by atoms with Crippen molar-refractivity contribution in [1.82, 2.24) is 4.98 Å². The molecule has 0 saturated heterocycles. The molecule has 2 aromatic rings. The lowest BCUT2D eigenvalue weighted by Crippen LogP contribution is -1.83. The van der Waals surface area contributed by atoms with Gasteiger partial charge in [0.1, 0.15) is 0 Å². The van der Waals surface area contributed by atoms with E-state index < -0.39 is 0 Å². The molecule has 0 radical (unpaired) electrons. The normalized spacial score (nSPS) is 12.7. The Morgan fingerprint density at radius 1 is 1.39 bits per heavy atom. The lowest BCUT2D eigenvalue weighted by Gasteiger charge is -1.92. The van der Waals surface area contributed by atoms with Crippen molar-refractivity contribution in [3.63, 3.8) is 0 Å². The lowest BCUT2D eigenvalue weighted by molar-refractivity contribution is 0.459. The number of nitrogens with zero attached hydrogens (tertiary/aromatic N) is 3. The van der Waals surface area contributed by atoms with Crippen LogP contribution in [-0.2, 0) is 0 Å². The van der Waals surface area contributed by atoms with E-state index in [0.717, 1.165) is 17.3 Å². The second kappa shape index (κ2) is 5.68. The quantitative estimate of drug-likeness (QED) is 0.336. The maximum Gasteiger partial charge on any atom is 0.218 e. The third-order valence-electron chi connectivity index (χ3n) is 2.38. The van der Waals surface area contributed by atoms with Gasteiger partial charge in [-0.25, -0.2) is 0 Å². The van der Waals surface area contributed by atoms with Crippen molar-refractivity contribution < 1.29 is 5.11 Å². The molecule has 6 heteroatoms. The van der Waals surface area contributed by atoms with E-state index in [4.69, 9.17) is 0 Å². The fourth-order valence-electron chi connectivity index (χ4n) is 1.55. The van der Waals surface area contributed by atoms with Crippen LogP contribution in [0.3, 0.4) is 0 Å². The minimum atomic E-state index is -0.00317. The van der Waals surface area contributed by atoms with Crippen LogP contribution in [0.2, 0.25) is 0 Å². The molecule has 0 aliphatic rings. The highest BCUT2D eigenvalue weighted by atomic mass is 32.1. The van der Waals surface area contributed by atoms with E-state index in [1.807, 2.05) is 31.2 Å². The average Bonchev–Trinajstić information content (AvgIpc) is 2.69. The summed E-state index contributed by atoms with van der Waals surface area (Å²) in [7, 11) is 0. The predicted octanol–water partition coefficient (Wildman–Crippen LogP) is 3.65. The second-order valence-corrected chi connectivity index (χ2v) is 4.15. The number of azo groups is 1. The zero-order valence-corrected chi connectivity index (χ0v) is 10.9. The van der Waals surface area contributed by atoms with Crippen molar-refractivity contribution in [2.45, 2.75) is 13.3 Å². The van der Waals surface area contributed by atoms with E-state index in [1.54, 1.807) is 0 Å². The minimum Gasteiger partial charge on any atom is -0.493 e. The van der Waals surface area contributed by atoms with Crippen molar-refractivity contribution in [2.24, 2.45) is 15.2 Å². The van der Waals surface area contributed by atoms with Gasteiger partial charge in [-0.05, 0) is 12.5 Å². The van der Waals surface area contributed by atoms with E-state index in [2.05, 4.69) is 32.8 Å². The molecule has 94 valence electrons. The smallest absolute Gasteiger partial charge is 0.218 e. The van der Waals surface area contributed by atoms with E-state index in [1.165, 1.54) is 0 Å². The number of aliphatic imine (C=N–C) groups is 1. The second-order valence-electron chi connectivity index (χ2n) is 3.75. The largest absolute Gasteiger partial charge is 0.493 e. The summed E-state index contributed by atoms with van der Waals surface area (Å²) in [6.45, 7) is 2.69. The molecule has 0 spiro atoms. The fraction of sp³-hybridized carbons (Fsp3) is 0.250.